The van der Waals surface area contributed by atoms with Gasteiger partial charge in [-0.25, -0.2) is 4.39 Å². The number of benzene rings is 2. The molecule has 0 fully saturated rings. The summed E-state index contributed by atoms with van der Waals surface area (Å²) >= 11 is 1.39. The van der Waals surface area contributed by atoms with Crippen molar-refractivity contribution >= 4 is 29.3 Å². The number of carbonyl (C=O) groups excluding carboxylic acids is 2. The lowest BCUT2D eigenvalue weighted by molar-refractivity contribution is -0.115. The van der Waals surface area contributed by atoms with E-state index < -0.39 is 11.7 Å². The lowest BCUT2D eigenvalue weighted by Crippen LogP contribution is -2.25. The van der Waals surface area contributed by atoms with Gasteiger partial charge in [0.25, 0.3) is 5.91 Å². The van der Waals surface area contributed by atoms with Gasteiger partial charge >= 0.3 is 0 Å². The first-order valence-electron chi connectivity index (χ1n) is 9.62. The van der Waals surface area contributed by atoms with E-state index in [0.29, 0.717) is 29.7 Å². The number of carbonyl (C=O) groups is 2. The molecule has 0 radical (unpaired) electrons. The molecule has 3 aromatic rings. The smallest absolute Gasteiger partial charge is 0.254 e. The molecular weight excluding hydrogens is 417 g/mol. The van der Waals surface area contributed by atoms with Crippen LogP contribution < -0.4 is 10.6 Å². The number of para-hydroxylation sites is 1. The van der Waals surface area contributed by atoms with E-state index in [0.717, 1.165) is 5.69 Å². The van der Waals surface area contributed by atoms with Crippen LogP contribution in [-0.2, 0) is 17.9 Å². The van der Waals surface area contributed by atoms with E-state index in [4.69, 9.17) is 0 Å². The lowest BCUT2D eigenvalue weighted by Gasteiger charge is -2.09. The third kappa shape index (κ3) is 6.26. The zero-order chi connectivity index (χ0) is 22.1. The largest absolute Gasteiger partial charge is 0.345 e. The van der Waals surface area contributed by atoms with Gasteiger partial charge in [-0.3, -0.25) is 9.59 Å². The van der Waals surface area contributed by atoms with Gasteiger partial charge in [0, 0.05) is 24.4 Å². The molecule has 31 heavy (non-hydrogen) atoms. The standard InChI is InChI=1S/C22H22FN5O2S/c1-2-13-28-19(15-24-21(30)17-10-6-7-11-18(17)23)26-27-22(28)31-14-12-20(29)25-16-8-4-3-5-9-16/h2-11H,1,12-15H2,(H,24,30)(H,25,29). The van der Waals surface area contributed by atoms with Gasteiger partial charge in [0.15, 0.2) is 11.0 Å². The van der Waals surface area contributed by atoms with Crippen molar-refractivity contribution in [2.45, 2.75) is 24.7 Å². The van der Waals surface area contributed by atoms with Crippen LogP contribution in [0.15, 0.2) is 72.4 Å². The Labute approximate surface area is 183 Å². The van der Waals surface area contributed by atoms with E-state index in [1.54, 1.807) is 16.7 Å². The van der Waals surface area contributed by atoms with Crippen LogP contribution in [0, 0.1) is 5.82 Å². The van der Waals surface area contributed by atoms with Crippen molar-refractivity contribution in [1.82, 2.24) is 20.1 Å². The van der Waals surface area contributed by atoms with Gasteiger partial charge in [0.1, 0.15) is 5.82 Å². The molecule has 2 N–H and O–H groups in total. The Morgan fingerprint density at radius 3 is 2.58 bits per heavy atom. The first-order chi connectivity index (χ1) is 15.1. The van der Waals surface area contributed by atoms with Crippen LogP contribution in [0.25, 0.3) is 0 Å². The van der Waals surface area contributed by atoms with Crippen molar-refractivity contribution in [3.63, 3.8) is 0 Å². The summed E-state index contributed by atoms with van der Waals surface area (Å²) in [5.41, 5.74) is 0.719. The fourth-order valence-corrected chi connectivity index (χ4v) is 3.65. The molecule has 160 valence electrons. The average Bonchev–Trinajstić information content (AvgIpc) is 3.15. The minimum Gasteiger partial charge on any atom is -0.345 e. The molecule has 2 aromatic carbocycles. The number of hydrogen-bond donors (Lipinski definition) is 2. The summed E-state index contributed by atoms with van der Waals surface area (Å²) in [7, 11) is 0. The molecule has 1 heterocycles. The lowest BCUT2D eigenvalue weighted by atomic mass is 10.2. The van der Waals surface area contributed by atoms with Crippen molar-refractivity contribution in [2.24, 2.45) is 0 Å². The second-order valence-corrected chi connectivity index (χ2v) is 7.54. The summed E-state index contributed by atoms with van der Waals surface area (Å²) in [6, 6.07) is 15.0. The van der Waals surface area contributed by atoms with E-state index in [2.05, 4.69) is 27.4 Å². The predicted octanol–water partition coefficient (Wildman–Crippen LogP) is 3.65. The highest BCUT2D eigenvalue weighted by Crippen LogP contribution is 2.19. The molecule has 0 aliphatic carbocycles. The van der Waals surface area contributed by atoms with Crippen LogP contribution in [-0.4, -0.2) is 32.3 Å². The number of allylic oxidation sites excluding steroid dienone is 1. The van der Waals surface area contributed by atoms with Gasteiger partial charge in [-0.05, 0) is 24.3 Å². The summed E-state index contributed by atoms with van der Waals surface area (Å²) in [5, 5.41) is 14.4. The topological polar surface area (TPSA) is 88.9 Å². The van der Waals surface area contributed by atoms with E-state index >= 15 is 0 Å². The van der Waals surface area contributed by atoms with E-state index in [1.165, 1.54) is 30.0 Å². The van der Waals surface area contributed by atoms with Crippen molar-refractivity contribution in [3.05, 3.63) is 84.5 Å². The summed E-state index contributed by atoms with van der Waals surface area (Å²) < 4.78 is 15.6. The second-order valence-electron chi connectivity index (χ2n) is 6.47. The molecule has 0 bridgehead atoms. The Balaban J connectivity index is 1.56. The Kier molecular flexibility index (Phi) is 7.94. The van der Waals surface area contributed by atoms with Crippen LogP contribution in [0.1, 0.15) is 22.6 Å². The average molecular weight is 440 g/mol. The van der Waals surface area contributed by atoms with Gasteiger partial charge < -0.3 is 15.2 Å². The number of rotatable bonds is 10. The summed E-state index contributed by atoms with van der Waals surface area (Å²) in [6.45, 7) is 4.27. The minimum absolute atomic E-state index is 0.0312. The fraction of sp³-hybridized carbons (Fsp3) is 0.182. The Morgan fingerprint density at radius 2 is 1.84 bits per heavy atom. The Hall–Kier alpha value is -3.46. The van der Waals surface area contributed by atoms with Crippen LogP contribution in [0.4, 0.5) is 10.1 Å². The van der Waals surface area contributed by atoms with E-state index in [9.17, 15) is 14.0 Å². The van der Waals surface area contributed by atoms with Gasteiger partial charge in [-0.2, -0.15) is 0 Å². The number of nitrogens with one attached hydrogen (secondary N) is 2. The minimum atomic E-state index is -0.586. The highest BCUT2D eigenvalue weighted by Gasteiger charge is 2.15. The Morgan fingerprint density at radius 1 is 1.10 bits per heavy atom. The zero-order valence-electron chi connectivity index (χ0n) is 16.8. The first-order valence-corrected chi connectivity index (χ1v) is 10.6. The molecule has 7 nitrogen and oxygen atoms in total. The third-order valence-corrected chi connectivity index (χ3v) is 5.22. The number of anilines is 1. The maximum atomic E-state index is 13.8. The van der Waals surface area contributed by atoms with Crippen LogP contribution in [0.3, 0.4) is 0 Å². The number of halogens is 1. The summed E-state index contributed by atoms with van der Waals surface area (Å²) in [5.74, 6) is -0.183. The monoisotopic (exact) mass is 439 g/mol. The number of amides is 2. The Bertz CT molecular complexity index is 1060. The zero-order valence-corrected chi connectivity index (χ0v) is 17.6. The molecular formula is C22H22FN5O2S. The highest BCUT2D eigenvalue weighted by atomic mass is 32.2. The maximum absolute atomic E-state index is 13.8. The predicted molar refractivity (Wildman–Crippen MR) is 118 cm³/mol. The molecule has 0 spiro atoms. The number of aromatic nitrogens is 3. The molecule has 9 heteroatoms. The number of hydrogen-bond acceptors (Lipinski definition) is 5. The second kappa shape index (κ2) is 11.1. The molecule has 0 saturated carbocycles. The van der Waals surface area contributed by atoms with Crippen molar-refractivity contribution in [2.75, 3.05) is 11.1 Å². The highest BCUT2D eigenvalue weighted by molar-refractivity contribution is 7.99. The molecule has 2 amide bonds. The SMILES string of the molecule is C=CCn1c(CNC(=O)c2ccccc2F)nnc1SCCC(=O)Nc1ccccc1. The summed E-state index contributed by atoms with van der Waals surface area (Å²) in [4.78, 5) is 24.3. The van der Waals surface area contributed by atoms with Crippen LogP contribution >= 0.6 is 11.8 Å². The maximum Gasteiger partial charge on any atom is 0.254 e. The van der Waals surface area contributed by atoms with Crippen molar-refractivity contribution in [3.8, 4) is 0 Å². The van der Waals surface area contributed by atoms with Gasteiger partial charge in [-0.1, -0.05) is 48.2 Å². The van der Waals surface area contributed by atoms with Gasteiger partial charge in [0.05, 0.1) is 12.1 Å². The molecule has 1 aromatic heterocycles. The molecule has 0 saturated heterocycles. The molecule has 3 rings (SSSR count). The van der Waals surface area contributed by atoms with Crippen LogP contribution in [0.2, 0.25) is 0 Å². The molecule has 0 aliphatic heterocycles. The van der Waals surface area contributed by atoms with Gasteiger partial charge in [-0.15, -0.1) is 16.8 Å². The third-order valence-electron chi connectivity index (χ3n) is 4.25. The van der Waals surface area contributed by atoms with Crippen LogP contribution in [0.5, 0.6) is 0 Å². The van der Waals surface area contributed by atoms with E-state index in [1.807, 2.05) is 30.3 Å². The van der Waals surface area contributed by atoms with E-state index in [-0.39, 0.29) is 18.0 Å². The first kappa shape index (κ1) is 22.2. The molecule has 0 aliphatic rings. The van der Waals surface area contributed by atoms with Crippen molar-refractivity contribution in [1.29, 1.82) is 0 Å². The van der Waals surface area contributed by atoms with Crippen molar-refractivity contribution < 1.29 is 14.0 Å². The normalized spacial score (nSPS) is 10.5. The molecule has 0 atom stereocenters. The summed E-state index contributed by atoms with van der Waals surface area (Å²) in [6.07, 6.45) is 2.00. The molecule has 0 unspecified atom stereocenters. The number of thioether (sulfide) groups is 1. The fourth-order valence-electron chi connectivity index (χ4n) is 2.75. The number of nitrogens with zero attached hydrogens (tertiary/aromatic N) is 3. The van der Waals surface area contributed by atoms with Gasteiger partial charge in [0.2, 0.25) is 5.91 Å². The quantitative estimate of drug-likeness (QED) is 0.372.